The Hall–Kier alpha value is -1.49. The van der Waals surface area contributed by atoms with Crippen LogP contribution in [0.1, 0.15) is 57.1 Å². The van der Waals surface area contributed by atoms with Crippen LogP contribution < -0.4 is 5.32 Å². The summed E-state index contributed by atoms with van der Waals surface area (Å²) in [6.07, 6.45) is 5.99. The number of hydrogen-bond acceptors (Lipinski definition) is 2. The zero-order valence-corrected chi connectivity index (χ0v) is 11.8. The van der Waals surface area contributed by atoms with Crippen LogP contribution in [0.3, 0.4) is 0 Å². The highest BCUT2D eigenvalue weighted by Crippen LogP contribution is 2.20. The van der Waals surface area contributed by atoms with Crippen molar-refractivity contribution >= 4 is 5.69 Å². The van der Waals surface area contributed by atoms with Crippen molar-refractivity contribution in [2.45, 2.75) is 58.9 Å². The van der Waals surface area contributed by atoms with Crippen LogP contribution in [0, 0.1) is 18.3 Å². The molecule has 0 saturated carbocycles. The highest BCUT2D eigenvalue weighted by atomic mass is 14.9. The van der Waals surface area contributed by atoms with E-state index >= 15 is 0 Å². The molecule has 0 aromatic heterocycles. The minimum Gasteiger partial charge on any atom is -0.381 e. The van der Waals surface area contributed by atoms with Gasteiger partial charge >= 0.3 is 0 Å². The number of hydrogen-bond donors (Lipinski definition) is 1. The summed E-state index contributed by atoms with van der Waals surface area (Å²) in [4.78, 5) is 0. The average Bonchev–Trinajstić information content (AvgIpc) is 2.36. The first-order valence-corrected chi connectivity index (χ1v) is 6.98. The van der Waals surface area contributed by atoms with Crippen molar-refractivity contribution in [1.29, 1.82) is 5.26 Å². The predicted octanol–water partition coefficient (Wildman–Crippen LogP) is 4.64. The molecule has 0 amide bonds. The minimum absolute atomic E-state index is 0.490. The molecular formula is C16H24N2. The van der Waals surface area contributed by atoms with E-state index in [0.717, 1.165) is 11.3 Å². The molecule has 1 rings (SSSR count). The number of nitrogens with one attached hydrogen (secondary N) is 1. The second-order valence-electron chi connectivity index (χ2n) is 4.93. The van der Waals surface area contributed by atoms with Crippen molar-refractivity contribution in [3.8, 4) is 6.07 Å². The molecule has 1 aromatic carbocycles. The molecule has 1 atom stereocenters. The van der Waals surface area contributed by atoms with Gasteiger partial charge in [-0.3, -0.25) is 0 Å². The number of rotatable bonds is 7. The third kappa shape index (κ3) is 4.41. The van der Waals surface area contributed by atoms with E-state index in [9.17, 15) is 0 Å². The van der Waals surface area contributed by atoms with E-state index in [4.69, 9.17) is 5.26 Å². The molecule has 2 nitrogen and oxygen atoms in total. The summed E-state index contributed by atoms with van der Waals surface area (Å²) in [7, 11) is 0. The summed E-state index contributed by atoms with van der Waals surface area (Å²) in [5, 5.41) is 12.7. The molecular weight excluding hydrogens is 220 g/mol. The Labute approximate surface area is 111 Å². The number of nitrogens with zero attached hydrogens (tertiary/aromatic N) is 1. The zero-order valence-electron chi connectivity index (χ0n) is 11.8. The van der Waals surface area contributed by atoms with Crippen molar-refractivity contribution in [2.24, 2.45) is 0 Å². The second-order valence-corrected chi connectivity index (χ2v) is 4.93. The molecule has 1 aromatic rings. The van der Waals surface area contributed by atoms with Gasteiger partial charge in [0.1, 0.15) is 6.07 Å². The number of anilines is 1. The predicted molar refractivity (Wildman–Crippen MR) is 77.7 cm³/mol. The highest BCUT2D eigenvalue weighted by molar-refractivity contribution is 5.59. The Balaban J connectivity index is 2.79. The maximum Gasteiger partial charge on any atom is 0.101 e. The molecule has 0 radical (unpaired) electrons. The lowest BCUT2D eigenvalue weighted by Crippen LogP contribution is -2.19. The summed E-state index contributed by atoms with van der Waals surface area (Å²) in [5.41, 5.74) is 2.94. The third-order valence-corrected chi connectivity index (χ3v) is 3.20. The lowest BCUT2D eigenvalue weighted by Gasteiger charge is -2.20. The second kappa shape index (κ2) is 7.76. The molecule has 0 saturated heterocycles. The summed E-state index contributed by atoms with van der Waals surface area (Å²) in [6, 6.07) is 8.72. The van der Waals surface area contributed by atoms with Crippen LogP contribution in [-0.2, 0) is 0 Å². The van der Waals surface area contributed by atoms with Crippen LogP contribution in [0.2, 0.25) is 0 Å². The van der Waals surface area contributed by atoms with Crippen LogP contribution in [0.25, 0.3) is 0 Å². The number of unbranched alkanes of at least 4 members (excludes halogenated alkanes) is 1. The summed E-state index contributed by atoms with van der Waals surface area (Å²) < 4.78 is 0. The number of benzene rings is 1. The Morgan fingerprint density at radius 1 is 1.22 bits per heavy atom. The van der Waals surface area contributed by atoms with Gasteiger partial charge in [0.2, 0.25) is 0 Å². The molecule has 2 heteroatoms. The molecule has 0 heterocycles. The Morgan fingerprint density at radius 2 is 2.00 bits per heavy atom. The first-order chi connectivity index (χ1) is 8.71. The summed E-state index contributed by atoms with van der Waals surface area (Å²) in [5.74, 6) is 0. The molecule has 1 unspecified atom stereocenters. The fourth-order valence-corrected chi connectivity index (χ4v) is 2.18. The van der Waals surface area contributed by atoms with Crippen molar-refractivity contribution in [2.75, 3.05) is 5.32 Å². The molecule has 18 heavy (non-hydrogen) atoms. The lowest BCUT2D eigenvalue weighted by atomic mass is 10.0. The maximum absolute atomic E-state index is 9.14. The fourth-order valence-electron chi connectivity index (χ4n) is 2.18. The van der Waals surface area contributed by atoms with Gasteiger partial charge in [0.15, 0.2) is 0 Å². The SMILES string of the molecule is CCCCC(CCC)Nc1cc(C)ccc1C#N. The Morgan fingerprint density at radius 3 is 2.61 bits per heavy atom. The van der Waals surface area contributed by atoms with Crippen LogP contribution in [-0.4, -0.2) is 6.04 Å². The van der Waals surface area contributed by atoms with Gasteiger partial charge in [0.05, 0.1) is 11.3 Å². The van der Waals surface area contributed by atoms with E-state index in [1.165, 1.54) is 37.7 Å². The van der Waals surface area contributed by atoms with E-state index in [-0.39, 0.29) is 0 Å². The molecule has 0 aliphatic carbocycles. The Kier molecular flexibility index (Phi) is 6.28. The van der Waals surface area contributed by atoms with Crippen LogP contribution >= 0.6 is 0 Å². The zero-order chi connectivity index (χ0) is 13.4. The van der Waals surface area contributed by atoms with Gasteiger partial charge < -0.3 is 5.32 Å². The molecule has 98 valence electrons. The quantitative estimate of drug-likeness (QED) is 0.758. The van der Waals surface area contributed by atoms with Gasteiger partial charge in [-0.1, -0.05) is 39.2 Å². The minimum atomic E-state index is 0.490. The first-order valence-electron chi connectivity index (χ1n) is 6.98. The normalized spacial score (nSPS) is 11.9. The van der Waals surface area contributed by atoms with E-state index < -0.39 is 0 Å². The van der Waals surface area contributed by atoms with E-state index in [1.807, 2.05) is 12.1 Å². The van der Waals surface area contributed by atoms with Gasteiger partial charge in [-0.25, -0.2) is 0 Å². The van der Waals surface area contributed by atoms with Gasteiger partial charge in [-0.05, 0) is 37.5 Å². The van der Waals surface area contributed by atoms with Gasteiger partial charge in [-0.2, -0.15) is 5.26 Å². The molecule has 0 aliphatic rings. The number of nitriles is 1. The van der Waals surface area contributed by atoms with Crippen molar-refractivity contribution < 1.29 is 0 Å². The molecule has 0 fully saturated rings. The average molecular weight is 244 g/mol. The standard InChI is InChI=1S/C16H24N2/c1-4-6-8-15(7-5-2)18-16-11-13(3)9-10-14(16)12-17/h9-11,15,18H,4-8H2,1-3H3. The Bertz CT molecular complexity index is 404. The third-order valence-electron chi connectivity index (χ3n) is 3.20. The topological polar surface area (TPSA) is 35.8 Å². The lowest BCUT2D eigenvalue weighted by molar-refractivity contribution is 0.564. The van der Waals surface area contributed by atoms with Crippen molar-refractivity contribution in [1.82, 2.24) is 0 Å². The molecule has 0 spiro atoms. The fraction of sp³-hybridized carbons (Fsp3) is 0.562. The van der Waals surface area contributed by atoms with E-state index in [2.05, 4.69) is 38.2 Å². The van der Waals surface area contributed by atoms with E-state index in [0.29, 0.717) is 6.04 Å². The van der Waals surface area contributed by atoms with Crippen LogP contribution in [0.4, 0.5) is 5.69 Å². The van der Waals surface area contributed by atoms with E-state index in [1.54, 1.807) is 0 Å². The molecule has 0 bridgehead atoms. The van der Waals surface area contributed by atoms with Crippen molar-refractivity contribution in [3.05, 3.63) is 29.3 Å². The summed E-state index contributed by atoms with van der Waals surface area (Å²) in [6.45, 7) is 6.49. The number of aryl methyl sites for hydroxylation is 1. The molecule has 0 aliphatic heterocycles. The monoisotopic (exact) mass is 244 g/mol. The summed E-state index contributed by atoms with van der Waals surface area (Å²) >= 11 is 0. The first kappa shape index (κ1) is 14.6. The van der Waals surface area contributed by atoms with Crippen LogP contribution in [0.5, 0.6) is 0 Å². The van der Waals surface area contributed by atoms with Crippen molar-refractivity contribution in [3.63, 3.8) is 0 Å². The van der Waals surface area contributed by atoms with Gasteiger partial charge in [-0.15, -0.1) is 0 Å². The van der Waals surface area contributed by atoms with Crippen LogP contribution in [0.15, 0.2) is 18.2 Å². The highest BCUT2D eigenvalue weighted by Gasteiger charge is 2.10. The maximum atomic E-state index is 9.14. The van der Waals surface area contributed by atoms with Gasteiger partial charge in [0.25, 0.3) is 0 Å². The van der Waals surface area contributed by atoms with Gasteiger partial charge in [0, 0.05) is 6.04 Å². The molecule has 1 N–H and O–H groups in total. The smallest absolute Gasteiger partial charge is 0.101 e. The largest absolute Gasteiger partial charge is 0.381 e.